The molecule has 1 fully saturated rings. The number of rotatable bonds is 4. The van der Waals surface area contributed by atoms with Gasteiger partial charge >= 0.3 is 0 Å². The maximum Gasteiger partial charge on any atom is 0.214 e. The monoisotopic (exact) mass is 297 g/mol. The van der Waals surface area contributed by atoms with Crippen LogP contribution < -0.4 is 0 Å². The van der Waals surface area contributed by atoms with Crippen LogP contribution >= 0.6 is 0 Å². The van der Waals surface area contributed by atoms with Gasteiger partial charge < -0.3 is 4.74 Å². The van der Waals surface area contributed by atoms with Crippen molar-refractivity contribution in [2.24, 2.45) is 0 Å². The molecule has 0 bridgehead atoms. The average Bonchev–Trinajstić information content (AvgIpc) is 2.39. The molecule has 0 saturated carbocycles. The number of benzene rings is 1. The van der Waals surface area contributed by atoms with E-state index in [2.05, 4.69) is 0 Å². The Morgan fingerprint density at radius 2 is 1.95 bits per heavy atom. The first-order valence-corrected chi connectivity index (χ1v) is 8.65. The van der Waals surface area contributed by atoms with Gasteiger partial charge in [0.1, 0.15) is 0 Å². The molecule has 4 nitrogen and oxygen atoms in total. The molecule has 2 rings (SSSR count). The minimum atomic E-state index is -3.23. The Hall–Kier alpha value is -0.910. The van der Waals surface area contributed by atoms with E-state index in [1.165, 1.54) is 0 Å². The second-order valence-electron chi connectivity index (χ2n) is 5.87. The molecule has 1 saturated heterocycles. The highest BCUT2D eigenvalue weighted by Gasteiger charge is 2.42. The fraction of sp³-hybridized carbons (Fsp3) is 0.600. The lowest BCUT2D eigenvalue weighted by atomic mass is 10.0. The number of ether oxygens (including phenoxy) is 1. The lowest BCUT2D eigenvalue weighted by Gasteiger charge is -2.44. The molecule has 0 N–H and O–H groups in total. The number of nitrogens with zero attached hydrogens (tertiary/aromatic N) is 1. The van der Waals surface area contributed by atoms with Gasteiger partial charge in [-0.3, -0.25) is 0 Å². The SMILES string of the molecule is CCCS(=O)(=O)N1CC(c2ccccc2)OCC1(C)C. The normalized spacial score (nSPS) is 23.6. The Balaban J connectivity index is 2.25. The van der Waals surface area contributed by atoms with Gasteiger partial charge in [-0.05, 0) is 25.8 Å². The molecule has 112 valence electrons. The lowest BCUT2D eigenvalue weighted by molar-refractivity contribution is -0.0654. The minimum absolute atomic E-state index is 0.184. The third-order valence-corrected chi connectivity index (χ3v) is 5.85. The second-order valence-corrected chi connectivity index (χ2v) is 7.88. The van der Waals surface area contributed by atoms with Crippen LogP contribution in [-0.4, -0.2) is 37.2 Å². The first-order chi connectivity index (χ1) is 9.37. The molecule has 0 spiro atoms. The molecule has 0 aromatic heterocycles. The lowest BCUT2D eigenvalue weighted by Crippen LogP contribution is -2.56. The average molecular weight is 297 g/mol. The van der Waals surface area contributed by atoms with Crippen LogP contribution in [0.4, 0.5) is 0 Å². The summed E-state index contributed by atoms with van der Waals surface area (Å²) in [6.07, 6.45) is 0.446. The summed E-state index contributed by atoms with van der Waals surface area (Å²) in [7, 11) is -3.23. The van der Waals surface area contributed by atoms with Crippen molar-refractivity contribution in [3.8, 4) is 0 Å². The van der Waals surface area contributed by atoms with Crippen molar-refractivity contribution in [1.29, 1.82) is 0 Å². The van der Waals surface area contributed by atoms with Crippen molar-refractivity contribution >= 4 is 10.0 Å². The number of hydrogen-bond donors (Lipinski definition) is 0. The molecule has 5 heteroatoms. The maximum atomic E-state index is 12.4. The van der Waals surface area contributed by atoms with Crippen LogP contribution in [0.15, 0.2) is 30.3 Å². The highest BCUT2D eigenvalue weighted by molar-refractivity contribution is 7.89. The molecule has 1 aliphatic rings. The van der Waals surface area contributed by atoms with Gasteiger partial charge in [-0.25, -0.2) is 8.42 Å². The summed E-state index contributed by atoms with van der Waals surface area (Å²) in [6.45, 7) is 6.53. The Kier molecular flexibility index (Phi) is 4.52. The summed E-state index contributed by atoms with van der Waals surface area (Å²) < 4.78 is 32.4. The molecule has 20 heavy (non-hydrogen) atoms. The summed E-state index contributed by atoms with van der Waals surface area (Å²) >= 11 is 0. The zero-order valence-corrected chi connectivity index (χ0v) is 13.2. The molecular weight excluding hydrogens is 274 g/mol. The number of sulfonamides is 1. The Morgan fingerprint density at radius 1 is 1.30 bits per heavy atom. The predicted molar refractivity (Wildman–Crippen MR) is 80.0 cm³/mol. The summed E-state index contributed by atoms with van der Waals surface area (Å²) in [6, 6.07) is 9.80. The minimum Gasteiger partial charge on any atom is -0.370 e. The molecule has 1 atom stereocenters. The molecular formula is C15H23NO3S. The van der Waals surface area contributed by atoms with E-state index >= 15 is 0 Å². The van der Waals surface area contributed by atoms with Gasteiger partial charge in [0.15, 0.2) is 0 Å². The zero-order valence-electron chi connectivity index (χ0n) is 12.4. The standard InChI is InChI=1S/C15H23NO3S/c1-4-10-20(17,18)16-11-14(19-12-15(16,2)3)13-8-6-5-7-9-13/h5-9,14H,4,10-12H2,1-3H3. The quantitative estimate of drug-likeness (QED) is 0.858. The van der Waals surface area contributed by atoms with E-state index in [-0.39, 0.29) is 11.9 Å². The summed E-state index contributed by atoms with van der Waals surface area (Å²) in [5, 5.41) is 0. The van der Waals surface area contributed by atoms with E-state index < -0.39 is 15.6 Å². The molecule has 1 aliphatic heterocycles. The molecule has 1 aromatic carbocycles. The van der Waals surface area contributed by atoms with E-state index in [4.69, 9.17) is 4.74 Å². The first kappa shape index (κ1) is 15.5. The molecule has 1 aromatic rings. The van der Waals surface area contributed by atoms with Crippen molar-refractivity contribution in [2.75, 3.05) is 18.9 Å². The molecule has 0 radical (unpaired) electrons. The molecule has 0 aliphatic carbocycles. The largest absolute Gasteiger partial charge is 0.370 e. The maximum absolute atomic E-state index is 12.4. The van der Waals surface area contributed by atoms with Crippen LogP contribution in [0.3, 0.4) is 0 Å². The van der Waals surface area contributed by atoms with E-state index in [1.807, 2.05) is 51.1 Å². The topological polar surface area (TPSA) is 46.6 Å². The van der Waals surface area contributed by atoms with E-state index in [0.29, 0.717) is 19.6 Å². The predicted octanol–water partition coefficient (Wildman–Crippen LogP) is 2.58. The van der Waals surface area contributed by atoms with E-state index in [1.54, 1.807) is 4.31 Å². The van der Waals surface area contributed by atoms with Crippen LogP contribution in [0.1, 0.15) is 38.9 Å². The van der Waals surface area contributed by atoms with Gasteiger partial charge in [-0.2, -0.15) is 4.31 Å². The van der Waals surface area contributed by atoms with Gasteiger partial charge in [0.25, 0.3) is 0 Å². The van der Waals surface area contributed by atoms with Crippen molar-refractivity contribution in [2.45, 2.75) is 38.8 Å². The molecule has 1 unspecified atom stereocenters. The number of hydrogen-bond acceptors (Lipinski definition) is 3. The van der Waals surface area contributed by atoms with Crippen molar-refractivity contribution < 1.29 is 13.2 Å². The second kappa shape index (κ2) is 5.84. The highest BCUT2D eigenvalue weighted by atomic mass is 32.2. The van der Waals surface area contributed by atoms with Gasteiger partial charge in [0.2, 0.25) is 10.0 Å². The van der Waals surface area contributed by atoms with Gasteiger partial charge in [-0.15, -0.1) is 0 Å². The third-order valence-electron chi connectivity index (χ3n) is 3.61. The van der Waals surface area contributed by atoms with Gasteiger partial charge in [0, 0.05) is 6.54 Å². The van der Waals surface area contributed by atoms with Crippen LogP contribution in [0, 0.1) is 0 Å². The Bertz CT molecular complexity index is 539. The summed E-state index contributed by atoms with van der Waals surface area (Å²) in [5.41, 5.74) is 0.541. The van der Waals surface area contributed by atoms with Crippen molar-refractivity contribution in [1.82, 2.24) is 4.31 Å². The number of morpholine rings is 1. The van der Waals surface area contributed by atoms with Gasteiger partial charge in [0.05, 0.1) is 24.0 Å². The van der Waals surface area contributed by atoms with Crippen LogP contribution in [0.2, 0.25) is 0 Å². The summed E-state index contributed by atoms with van der Waals surface area (Å²) in [5.74, 6) is 0.192. The highest BCUT2D eigenvalue weighted by Crippen LogP contribution is 2.32. The molecule has 0 amide bonds. The third kappa shape index (κ3) is 3.22. The Morgan fingerprint density at radius 3 is 2.55 bits per heavy atom. The van der Waals surface area contributed by atoms with Crippen LogP contribution in [-0.2, 0) is 14.8 Å². The fourth-order valence-electron chi connectivity index (χ4n) is 2.55. The molecule has 1 heterocycles. The first-order valence-electron chi connectivity index (χ1n) is 7.04. The van der Waals surface area contributed by atoms with E-state index in [9.17, 15) is 8.42 Å². The van der Waals surface area contributed by atoms with E-state index in [0.717, 1.165) is 5.56 Å². The van der Waals surface area contributed by atoms with Crippen LogP contribution in [0.5, 0.6) is 0 Å². The van der Waals surface area contributed by atoms with Crippen molar-refractivity contribution in [3.05, 3.63) is 35.9 Å². The zero-order chi connectivity index (χ0) is 14.8. The Labute approximate surface area is 121 Å². The smallest absolute Gasteiger partial charge is 0.214 e. The summed E-state index contributed by atoms with van der Waals surface area (Å²) in [4.78, 5) is 0. The fourth-order valence-corrected chi connectivity index (χ4v) is 4.46. The van der Waals surface area contributed by atoms with Gasteiger partial charge in [-0.1, -0.05) is 37.3 Å². The van der Waals surface area contributed by atoms with Crippen molar-refractivity contribution in [3.63, 3.8) is 0 Å². The van der Waals surface area contributed by atoms with Crippen LogP contribution in [0.25, 0.3) is 0 Å².